The average Bonchev–Trinajstić information content (AvgIpc) is 2.34. The number of nitrogens with zero attached hydrogens (tertiary/aromatic N) is 1. The van der Waals surface area contributed by atoms with Gasteiger partial charge in [0.15, 0.2) is 6.61 Å². The molecule has 100 valence electrons. The molecule has 0 saturated carbocycles. The van der Waals surface area contributed by atoms with Crippen molar-refractivity contribution in [2.45, 2.75) is 19.5 Å². The van der Waals surface area contributed by atoms with E-state index in [2.05, 4.69) is 4.74 Å². The number of benzene rings is 1. The fourth-order valence-corrected chi connectivity index (χ4v) is 1.30. The molecule has 3 nitrogen and oxygen atoms in total. The van der Waals surface area contributed by atoms with Crippen molar-refractivity contribution < 1.29 is 22.7 Å². The van der Waals surface area contributed by atoms with Crippen LogP contribution in [-0.4, -0.2) is 25.9 Å². The van der Waals surface area contributed by atoms with Crippen LogP contribution in [0.15, 0.2) is 24.3 Å². The number of rotatable bonds is 3. The van der Waals surface area contributed by atoms with E-state index in [0.717, 1.165) is 16.9 Å². The first-order chi connectivity index (χ1) is 8.33. The van der Waals surface area contributed by atoms with E-state index in [1.807, 2.05) is 19.1 Å². The third-order valence-electron chi connectivity index (χ3n) is 2.37. The molecular formula is C12H14F3NO2. The predicted molar refractivity (Wildman–Crippen MR) is 61.6 cm³/mol. The molecule has 0 N–H and O–H groups in total. The van der Waals surface area contributed by atoms with Gasteiger partial charge in [-0.3, -0.25) is 4.90 Å². The molecule has 0 bridgehead atoms. The SMILES string of the molecule is CCc1ccc(N(C)C(=O)OCC(F)(F)F)cc1. The normalized spacial score (nSPS) is 11.2. The number of carbonyl (C=O) groups is 1. The lowest BCUT2D eigenvalue weighted by Crippen LogP contribution is -2.30. The van der Waals surface area contributed by atoms with Gasteiger partial charge in [-0.05, 0) is 24.1 Å². The van der Waals surface area contributed by atoms with Crippen molar-refractivity contribution in [3.05, 3.63) is 29.8 Å². The quantitative estimate of drug-likeness (QED) is 0.834. The van der Waals surface area contributed by atoms with Crippen LogP contribution < -0.4 is 4.90 Å². The maximum absolute atomic E-state index is 11.9. The van der Waals surface area contributed by atoms with Crippen LogP contribution in [-0.2, 0) is 11.2 Å². The Morgan fingerprint density at radius 3 is 2.28 bits per heavy atom. The summed E-state index contributed by atoms with van der Waals surface area (Å²) < 4.78 is 39.8. The second-order valence-corrected chi connectivity index (χ2v) is 3.75. The largest absolute Gasteiger partial charge is 0.440 e. The van der Waals surface area contributed by atoms with Crippen LogP contribution in [0.5, 0.6) is 0 Å². The predicted octanol–water partition coefficient (Wildman–Crippen LogP) is 3.38. The van der Waals surface area contributed by atoms with Gasteiger partial charge >= 0.3 is 12.3 Å². The first-order valence-electron chi connectivity index (χ1n) is 5.39. The minimum Gasteiger partial charge on any atom is -0.440 e. The van der Waals surface area contributed by atoms with E-state index < -0.39 is 18.9 Å². The van der Waals surface area contributed by atoms with Gasteiger partial charge in [0.25, 0.3) is 0 Å². The summed E-state index contributed by atoms with van der Waals surface area (Å²) in [7, 11) is 1.36. The Balaban J connectivity index is 2.62. The lowest BCUT2D eigenvalue weighted by molar-refractivity contribution is -0.159. The highest BCUT2D eigenvalue weighted by Gasteiger charge is 2.30. The number of aryl methyl sites for hydroxylation is 1. The summed E-state index contributed by atoms with van der Waals surface area (Å²) >= 11 is 0. The smallest absolute Gasteiger partial charge is 0.422 e. The molecule has 0 spiro atoms. The minimum absolute atomic E-state index is 0.486. The van der Waals surface area contributed by atoms with E-state index in [-0.39, 0.29) is 0 Å². The number of alkyl halides is 3. The Labute approximate surface area is 103 Å². The van der Waals surface area contributed by atoms with Gasteiger partial charge in [0.2, 0.25) is 0 Å². The van der Waals surface area contributed by atoms with Crippen molar-refractivity contribution in [1.29, 1.82) is 0 Å². The molecule has 0 aliphatic heterocycles. The molecule has 1 rings (SSSR count). The molecule has 1 amide bonds. The third kappa shape index (κ3) is 4.27. The highest BCUT2D eigenvalue weighted by Crippen LogP contribution is 2.18. The topological polar surface area (TPSA) is 29.5 Å². The Kier molecular flexibility index (Phi) is 4.58. The van der Waals surface area contributed by atoms with Crippen LogP contribution in [0.4, 0.5) is 23.7 Å². The third-order valence-corrected chi connectivity index (χ3v) is 2.37. The second kappa shape index (κ2) is 5.75. The van der Waals surface area contributed by atoms with Gasteiger partial charge in [-0.15, -0.1) is 0 Å². The summed E-state index contributed by atoms with van der Waals surface area (Å²) in [6, 6.07) is 6.94. The number of hydrogen-bond acceptors (Lipinski definition) is 2. The van der Waals surface area contributed by atoms with Crippen LogP contribution in [0.3, 0.4) is 0 Å². The van der Waals surface area contributed by atoms with Gasteiger partial charge < -0.3 is 4.74 Å². The molecule has 0 radical (unpaired) electrons. The lowest BCUT2D eigenvalue weighted by Gasteiger charge is -2.18. The zero-order chi connectivity index (χ0) is 13.8. The molecule has 0 aliphatic rings. The van der Waals surface area contributed by atoms with E-state index in [1.165, 1.54) is 7.05 Å². The zero-order valence-electron chi connectivity index (χ0n) is 10.1. The summed E-state index contributed by atoms with van der Waals surface area (Å²) in [6.45, 7) is 0.402. The molecule has 1 aromatic rings. The maximum Gasteiger partial charge on any atom is 0.422 e. The number of anilines is 1. The van der Waals surface area contributed by atoms with Gasteiger partial charge in [-0.25, -0.2) is 4.79 Å². The van der Waals surface area contributed by atoms with Gasteiger partial charge in [0.1, 0.15) is 0 Å². The van der Waals surface area contributed by atoms with Crippen molar-refractivity contribution in [1.82, 2.24) is 0 Å². The van der Waals surface area contributed by atoms with Crippen LogP contribution in [0.1, 0.15) is 12.5 Å². The maximum atomic E-state index is 11.9. The molecule has 0 saturated heterocycles. The second-order valence-electron chi connectivity index (χ2n) is 3.75. The van der Waals surface area contributed by atoms with Crippen molar-refractivity contribution in [2.24, 2.45) is 0 Å². The number of hydrogen-bond donors (Lipinski definition) is 0. The Morgan fingerprint density at radius 2 is 1.83 bits per heavy atom. The van der Waals surface area contributed by atoms with E-state index in [1.54, 1.807) is 12.1 Å². The van der Waals surface area contributed by atoms with Crippen molar-refractivity contribution in [2.75, 3.05) is 18.6 Å². The van der Waals surface area contributed by atoms with Crippen molar-refractivity contribution in [3.8, 4) is 0 Å². The van der Waals surface area contributed by atoms with Crippen LogP contribution >= 0.6 is 0 Å². The monoisotopic (exact) mass is 261 g/mol. The summed E-state index contributed by atoms with van der Waals surface area (Å²) in [5, 5.41) is 0. The van der Waals surface area contributed by atoms with Crippen molar-refractivity contribution >= 4 is 11.8 Å². The first kappa shape index (κ1) is 14.3. The summed E-state index contributed by atoms with van der Waals surface area (Å²) in [5.41, 5.74) is 1.56. The minimum atomic E-state index is -4.51. The summed E-state index contributed by atoms with van der Waals surface area (Å²) in [6.07, 6.45) is -4.69. The molecule has 6 heteroatoms. The standard InChI is InChI=1S/C12H14F3NO2/c1-3-9-4-6-10(7-5-9)16(2)11(17)18-8-12(13,14)15/h4-7H,3,8H2,1-2H3. The molecule has 0 aliphatic carbocycles. The number of amides is 1. The summed E-state index contributed by atoms with van der Waals surface area (Å²) in [5.74, 6) is 0. The van der Waals surface area contributed by atoms with E-state index in [4.69, 9.17) is 0 Å². The lowest BCUT2D eigenvalue weighted by atomic mass is 10.1. The van der Waals surface area contributed by atoms with Crippen molar-refractivity contribution in [3.63, 3.8) is 0 Å². The van der Waals surface area contributed by atoms with Gasteiger partial charge in [-0.2, -0.15) is 13.2 Å². The molecule has 0 unspecified atom stereocenters. The Hall–Kier alpha value is -1.72. The van der Waals surface area contributed by atoms with E-state index in [9.17, 15) is 18.0 Å². The van der Waals surface area contributed by atoms with Gasteiger partial charge in [-0.1, -0.05) is 19.1 Å². The molecule has 1 aromatic carbocycles. The Morgan fingerprint density at radius 1 is 1.28 bits per heavy atom. The van der Waals surface area contributed by atoms with Crippen LogP contribution in [0.2, 0.25) is 0 Å². The summed E-state index contributed by atoms with van der Waals surface area (Å²) in [4.78, 5) is 12.4. The van der Waals surface area contributed by atoms with E-state index in [0.29, 0.717) is 5.69 Å². The van der Waals surface area contributed by atoms with E-state index >= 15 is 0 Å². The number of ether oxygens (including phenoxy) is 1. The molecular weight excluding hydrogens is 247 g/mol. The van der Waals surface area contributed by atoms with Crippen LogP contribution in [0.25, 0.3) is 0 Å². The fourth-order valence-electron chi connectivity index (χ4n) is 1.30. The molecule has 0 heterocycles. The molecule has 0 aromatic heterocycles. The number of carbonyl (C=O) groups excluding carboxylic acids is 1. The molecule has 0 fully saturated rings. The van der Waals surface area contributed by atoms with Gasteiger partial charge in [0, 0.05) is 12.7 Å². The molecule has 0 atom stereocenters. The fraction of sp³-hybridized carbons (Fsp3) is 0.417. The Bertz CT molecular complexity index is 401. The zero-order valence-corrected chi connectivity index (χ0v) is 10.1. The molecule has 18 heavy (non-hydrogen) atoms. The highest BCUT2D eigenvalue weighted by atomic mass is 19.4. The average molecular weight is 261 g/mol. The number of halogens is 3. The first-order valence-corrected chi connectivity index (χ1v) is 5.39. The highest BCUT2D eigenvalue weighted by molar-refractivity contribution is 5.86. The van der Waals surface area contributed by atoms with Crippen LogP contribution in [0, 0.1) is 0 Å². The van der Waals surface area contributed by atoms with Gasteiger partial charge in [0.05, 0.1) is 0 Å².